The van der Waals surface area contributed by atoms with Crippen LogP contribution in [0.4, 0.5) is 0 Å². The molecule has 0 atom stereocenters. The van der Waals surface area contributed by atoms with Gasteiger partial charge >= 0.3 is 5.63 Å². The quantitative estimate of drug-likeness (QED) is 0.804. The minimum absolute atomic E-state index is 0.00310. The van der Waals surface area contributed by atoms with Crippen LogP contribution in [0.15, 0.2) is 57.8 Å². The van der Waals surface area contributed by atoms with Crippen molar-refractivity contribution in [1.82, 2.24) is 4.90 Å². The third-order valence-corrected chi connectivity index (χ3v) is 4.14. The third-order valence-electron chi connectivity index (χ3n) is 4.14. The van der Waals surface area contributed by atoms with Gasteiger partial charge in [-0.15, -0.1) is 0 Å². The van der Waals surface area contributed by atoms with Gasteiger partial charge in [-0.05, 0) is 18.6 Å². The average molecular weight is 339 g/mol. The molecule has 25 heavy (non-hydrogen) atoms. The summed E-state index contributed by atoms with van der Waals surface area (Å²) in [7, 11) is 0. The zero-order valence-corrected chi connectivity index (χ0v) is 14.2. The van der Waals surface area contributed by atoms with E-state index >= 15 is 0 Å². The van der Waals surface area contributed by atoms with E-state index in [0.29, 0.717) is 24.6 Å². The Kier molecular flexibility index (Phi) is 5.33. The van der Waals surface area contributed by atoms with Crippen molar-refractivity contribution >= 4 is 12.0 Å². The molecule has 1 amide bonds. The third kappa shape index (κ3) is 4.83. The van der Waals surface area contributed by atoms with Crippen LogP contribution in [0, 0.1) is 6.92 Å². The number of piperidine rings is 1. The van der Waals surface area contributed by atoms with Crippen LogP contribution in [-0.4, -0.2) is 30.0 Å². The molecule has 1 aliphatic rings. The Morgan fingerprint density at radius 1 is 1.20 bits per heavy atom. The summed E-state index contributed by atoms with van der Waals surface area (Å²) in [4.78, 5) is 25.5. The lowest BCUT2D eigenvalue weighted by Crippen LogP contribution is -2.41. The van der Waals surface area contributed by atoms with Crippen LogP contribution in [0.5, 0.6) is 5.75 Å². The molecule has 2 heterocycles. The second-order valence-electron chi connectivity index (χ2n) is 6.11. The van der Waals surface area contributed by atoms with Crippen LogP contribution < -0.4 is 10.4 Å². The molecular weight excluding hydrogens is 318 g/mol. The minimum atomic E-state index is -0.409. The summed E-state index contributed by atoms with van der Waals surface area (Å²) in [6, 6.07) is 12.8. The Hall–Kier alpha value is -2.82. The molecule has 0 unspecified atom stereocenters. The molecule has 5 heteroatoms. The first-order valence-electron chi connectivity index (χ1n) is 8.40. The summed E-state index contributed by atoms with van der Waals surface area (Å²) in [5, 5.41) is 0. The van der Waals surface area contributed by atoms with E-state index in [1.165, 1.54) is 6.07 Å². The van der Waals surface area contributed by atoms with Crippen LogP contribution in [0.3, 0.4) is 0 Å². The molecule has 0 spiro atoms. The highest BCUT2D eigenvalue weighted by molar-refractivity contribution is 5.91. The van der Waals surface area contributed by atoms with E-state index in [4.69, 9.17) is 9.15 Å². The molecule has 2 aromatic rings. The van der Waals surface area contributed by atoms with E-state index in [1.54, 1.807) is 19.1 Å². The van der Waals surface area contributed by atoms with Crippen molar-refractivity contribution in [1.29, 1.82) is 0 Å². The number of amides is 1. The predicted molar refractivity (Wildman–Crippen MR) is 95.4 cm³/mol. The molecule has 5 nitrogen and oxygen atoms in total. The van der Waals surface area contributed by atoms with E-state index in [1.807, 2.05) is 41.3 Å². The van der Waals surface area contributed by atoms with Gasteiger partial charge in [-0.1, -0.05) is 30.3 Å². The molecule has 1 aromatic heterocycles. The van der Waals surface area contributed by atoms with Gasteiger partial charge in [-0.3, -0.25) is 4.79 Å². The fourth-order valence-electron chi connectivity index (χ4n) is 2.87. The number of ether oxygens (including phenoxy) is 1. The predicted octanol–water partition coefficient (Wildman–Crippen LogP) is 3.03. The Morgan fingerprint density at radius 2 is 1.92 bits per heavy atom. The highest BCUT2D eigenvalue weighted by atomic mass is 16.5. The van der Waals surface area contributed by atoms with Crippen LogP contribution >= 0.6 is 0 Å². The maximum absolute atomic E-state index is 12.3. The molecule has 3 rings (SSSR count). The zero-order valence-electron chi connectivity index (χ0n) is 14.2. The van der Waals surface area contributed by atoms with Crippen LogP contribution in [0.1, 0.15) is 24.2 Å². The SMILES string of the molecule is Cc1cc(OC2CCN(C(=O)/C=C/c3ccccc3)CC2)cc(=O)o1. The molecule has 1 saturated heterocycles. The lowest BCUT2D eigenvalue weighted by molar-refractivity contribution is -0.127. The van der Waals surface area contributed by atoms with Crippen LogP contribution in [0.2, 0.25) is 0 Å². The summed E-state index contributed by atoms with van der Waals surface area (Å²) < 4.78 is 10.8. The number of benzene rings is 1. The smallest absolute Gasteiger partial charge is 0.339 e. The Bertz CT molecular complexity index is 802. The minimum Gasteiger partial charge on any atom is -0.490 e. The highest BCUT2D eigenvalue weighted by Crippen LogP contribution is 2.19. The standard InChI is InChI=1S/C20H21NO4/c1-15-13-18(14-20(23)24-15)25-17-9-11-21(12-10-17)19(22)8-7-16-5-3-2-4-6-16/h2-8,13-14,17H,9-12H2,1H3/b8-7+. The van der Waals surface area contributed by atoms with Crippen molar-refractivity contribution in [2.45, 2.75) is 25.9 Å². The van der Waals surface area contributed by atoms with Crippen molar-refractivity contribution < 1.29 is 13.9 Å². The topological polar surface area (TPSA) is 59.8 Å². The number of hydrogen-bond donors (Lipinski definition) is 0. The molecule has 0 saturated carbocycles. The molecule has 0 aliphatic carbocycles. The Labute approximate surface area is 146 Å². The van der Waals surface area contributed by atoms with Gasteiger partial charge in [-0.2, -0.15) is 0 Å². The van der Waals surface area contributed by atoms with Crippen molar-refractivity contribution in [3.8, 4) is 5.75 Å². The number of hydrogen-bond acceptors (Lipinski definition) is 4. The first-order chi connectivity index (χ1) is 12.1. The second-order valence-corrected chi connectivity index (χ2v) is 6.11. The lowest BCUT2D eigenvalue weighted by atomic mass is 10.1. The fraction of sp³-hybridized carbons (Fsp3) is 0.300. The summed E-state index contributed by atoms with van der Waals surface area (Å²) in [6.45, 7) is 3.00. The highest BCUT2D eigenvalue weighted by Gasteiger charge is 2.23. The Morgan fingerprint density at radius 3 is 2.60 bits per heavy atom. The molecule has 0 N–H and O–H groups in total. The maximum Gasteiger partial charge on any atom is 0.339 e. The van der Waals surface area contributed by atoms with Gasteiger partial charge in [0.15, 0.2) is 0 Å². The molecule has 0 bridgehead atoms. The second kappa shape index (κ2) is 7.83. The van der Waals surface area contributed by atoms with Crippen molar-refractivity contribution in [2.24, 2.45) is 0 Å². The van der Waals surface area contributed by atoms with E-state index < -0.39 is 5.63 Å². The fourth-order valence-corrected chi connectivity index (χ4v) is 2.87. The molecular formula is C20H21NO4. The molecule has 1 aliphatic heterocycles. The number of nitrogens with zero attached hydrogens (tertiary/aromatic N) is 1. The summed E-state index contributed by atoms with van der Waals surface area (Å²) in [6.07, 6.45) is 4.93. The first kappa shape index (κ1) is 17.0. The van der Waals surface area contributed by atoms with Crippen molar-refractivity contribution in [3.63, 3.8) is 0 Å². The number of carbonyl (C=O) groups is 1. The average Bonchev–Trinajstić information content (AvgIpc) is 2.60. The van der Waals surface area contributed by atoms with Gasteiger partial charge in [0.25, 0.3) is 0 Å². The van der Waals surface area contributed by atoms with Gasteiger partial charge in [0.2, 0.25) is 5.91 Å². The van der Waals surface area contributed by atoms with Crippen LogP contribution in [-0.2, 0) is 4.79 Å². The molecule has 1 aromatic carbocycles. The lowest BCUT2D eigenvalue weighted by Gasteiger charge is -2.31. The number of rotatable bonds is 4. The molecule has 130 valence electrons. The normalized spacial score (nSPS) is 15.5. The van der Waals surface area contributed by atoms with Gasteiger partial charge in [0, 0.05) is 38.1 Å². The molecule has 0 radical (unpaired) electrons. The van der Waals surface area contributed by atoms with Gasteiger partial charge in [-0.25, -0.2) is 4.79 Å². The zero-order chi connectivity index (χ0) is 17.6. The van der Waals surface area contributed by atoms with E-state index in [-0.39, 0.29) is 12.0 Å². The maximum atomic E-state index is 12.3. The van der Waals surface area contributed by atoms with Crippen LogP contribution in [0.25, 0.3) is 6.08 Å². The van der Waals surface area contributed by atoms with Gasteiger partial charge in [0.1, 0.15) is 17.6 Å². The molecule has 1 fully saturated rings. The summed E-state index contributed by atoms with van der Waals surface area (Å²) >= 11 is 0. The van der Waals surface area contributed by atoms with Gasteiger partial charge in [0.05, 0.1) is 6.07 Å². The number of carbonyl (C=O) groups excluding carboxylic acids is 1. The number of likely N-dealkylation sites (tertiary alicyclic amines) is 1. The van der Waals surface area contributed by atoms with E-state index in [2.05, 4.69) is 0 Å². The van der Waals surface area contributed by atoms with E-state index in [9.17, 15) is 9.59 Å². The van der Waals surface area contributed by atoms with Crippen molar-refractivity contribution in [2.75, 3.05) is 13.1 Å². The monoisotopic (exact) mass is 339 g/mol. The first-order valence-corrected chi connectivity index (χ1v) is 8.40. The summed E-state index contributed by atoms with van der Waals surface area (Å²) in [5.41, 5.74) is 0.598. The van der Waals surface area contributed by atoms with Gasteiger partial charge < -0.3 is 14.1 Å². The van der Waals surface area contributed by atoms with E-state index in [0.717, 1.165) is 18.4 Å². The van der Waals surface area contributed by atoms with Crippen molar-refractivity contribution in [3.05, 3.63) is 70.3 Å². The largest absolute Gasteiger partial charge is 0.490 e. The Balaban J connectivity index is 1.52. The summed E-state index contributed by atoms with van der Waals surface area (Å²) in [5.74, 6) is 1.07. The number of aryl methyl sites for hydroxylation is 1.